The van der Waals surface area contributed by atoms with E-state index in [4.69, 9.17) is 4.98 Å². The Morgan fingerprint density at radius 1 is 0.511 bits per heavy atom. The van der Waals surface area contributed by atoms with Crippen molar-refractivity contribution in [3.05, 3.63) is 150 Å². The van der Waals surface area contributed by atoms with Crippen LogP contribution >= 0.6 is 11.3 Å². The lowest BCUT2D eigenvalue weighted by Crippen LogP contribution is -2.15. The van der Waals surface area contributed by atoms with Gasteiger partial charge in [-0.2, -0.15) is 0 Å². The van der Waals surface area contributed by atoms with Gasteiger partial charge in [-0.1, -0.05) is 109 Å². The number of imidazole rings is 1. The fraction of sp³-hybridized carbons (Fsp3) is 0. The summed E-state index contributed by atoms with van der Waals surface area (Å²) in [5.41, 5.74) is 5.90. The summed E-state index contributed by atoms with van der Waals surface area (Å²) in [5.74, 6) is 0.665. The van der Waals surface area contributed by atoms with Gasteiger partial charge >= 0.3 is 0 Å². The Kier molecular flexibility index (Phi) is 4.84. The Hall–Kier alpha value is -6.04. The highest BCUT2D eigenvalue weighted by atomic mass is 32.1. The Balaban J connectivity index is 1.43. The Labute approximate surface area is 271 Å². The molecule has 0 saturated heterocycles. The molecule has 4 aromatic heterocycles. The van der Waals surface area contributed by atoms with E-state index in [2.05, 4.69) is 95.6 Å². The first-order chi connectivity index (χ1) is 23.3. The van der Waals surface area contributed by atoms with Crippen LogP contribution in [0.3, 0.4) is 0 Å². The molecule has 4 nitrogen and oxygen atoms in total. The first-order valence-corrected chi connectivity index (χ1v) is 16.6. The number of pyridine rings is 1. The molecule has 0 spiro atoms. The van der Waals surface area contributed by atoms with Gasteiger partial charge in [0.2, 0.25) is 0 Å². The maximum atomic E-state index is 14.3. The highest BCUT2D eigenvalue weighted by molar-refractivity contribution is 7.27. The van der Waals surface area contributed by atoms with E-state index in [0.29, 0.717) is 11.2 Å². The smallest absolute Gasteiger partial charge is 0.264 e. The predicted molar refractivity (Wildman–Crippen MR) is 198 cm³/mol. The third-order valence-electron chi connectivity index (χ3n) is 9.85. The van der Waals surface area contributed by atoms with E-state index in [1.807, 2.05) is 64.3 Å². The third-order valence-corrected chi connectivity index (χ3v) is 11.0. The highest BCUT2D eigenvalue weighted by Crippen LogP contribution is 2.48. The number of aromatic nitrogens is 3. The summed E-state index contributed by atoms with van der Waals surface area (Å²) in [7, 11) is 0. The zero-order valence-electron chi connectivity index (χ0n) is 24.9. The minimum Gasteiger partial charge on any atom is -0.307 e. The zero-order chi connectivity index (χ0) is 30.8. The van der Waals surface area contributed by atoms with Crippen molar-refractivity contribution in [3.63, 3.8) is 0 Å². The molecule has 218 valence electrons. The van der Waals surface area contributed by atoms with Gasteiger partial charge in [0.25, 0.3) is 5.56 Å². The number of hydrogen-bond acceptors (Lipinski definition) is 3. The SMILES string of the molecule is O=c1c2ccccc2c2c(-n3c4ccccc4c4c5ccccc5c5c6ccccc6sc5c43)ccc3nc(-c4ccccc4)n1c32. The van der Waals surface area contributed by atoms with Gasteiger partial charge in [-0.3, -0.25) is 9.20 Å². The molecule has 0 atom stereocenters. The summed E-state index contributed by atoms with van der Waals surface area (Å²) in [5, 5.41) is 10.2. The Morgan fingerprint density at radius 3 is 1.91 bits per heavy atom. The molecule has 0 saturated carbocycles. The predicted octanol–water partition coefficient (Wildman–Crippen LogP) is 10.7. The highest BCUT2D eigenvalue weighted by Gasteiger charge is 2.25. The van der Waals surface area contributed by atoms with Crippen molar-refractivity contribution in [2.45, 2.75) is 0 Å². The van der Waals surface area contributed by atoms with Crippen molar-refractivity contribution < 1.29 is 0 Å². The topological polar surface area (TPSA) is 39.3 Å². The fourth-order valence-corrected chi connectivity index (χ4v) is 9.23. The van der Waals surface area contributed by atoms with E-state index in [0.717, 1.165) is 38.6 Å². The van der Waals surface area contributed by atoms with E-state index in [1.54, 1.807) is 0 Å². The number of benzene rings is 7. The van der Waals surface area contributed by atoms with Crippen molar-refractivity contribution in [2.75, 3.05) is 0 Å². The maximum absolute atomic E-state index is 14.3. The first-order valence-electron chi connectivity index (χ1n) is 15.8. The molecule has 0 bridgehead atoms. The molecule has 0 aliphatic heterocycles. The van der Waals surface area contributed by atoms with Gasteiger partial charge in [0.05, 0.1) is 32.5 Å². The molecule has 5 heteroatoms. The van der Waals surface area contributed by atoms with Crippen molar-refractivity contribution in [1.29, 1.82) is 0 Å². The van der Waals surface area contributed by atoms with Crippen LogP contribution < -0.4 is 5.56 Å². The van der Waals surface area contributed by atoms with Crippen molar-refractivity contribution in [2.24, 2.45) is 0 Å². The normalized spacial score (nSPS) is 12.3. The Morgan fingerprint density at radius 2 is 1.13 bits per heavy atom. The van der Waals surface area contributed by atoms with E-state index in [1.165, 1.54) is 47.2 Å². The van der Waals surface area contributed by atoms with Gasteiger partial charge < -0.3 is 4.57 Å². The summed E-state index contributed by atoms with van der Waals surface area (Å²) in [6.45, 7) is 0. The molecule has 0 unspecified atom stereocenters. The average Bonchev–Trinajstić information content (AvgIpc) is 3.82. The van der Waals surface area contributed by atoms with Crippen LogP contribution in [0.1, 0.15) is 0 Å². The lowest BCUT2D eigenvalue weighted by Gasteiger charge is -2.15. The molecule has 0 aliphatic carbocycles. The minimum absolute atomic E-state index is 0.0493. The molecule has 0 fully saturated rings. The van der Waals surface area contributed by atoms with Crippen LogP contribution in [0.4, 0.5) is 0 Å². The first kappa shape index (κ1) is 25.2. The lowest BCUT2D eigenvalue weighted by molar-refractivity contribution is 1.12. The van der Waals surface area contributed by atoms with E-state index in [9.17, 15) is 4.79 Å². The molecular weight excluding hydrogens is 595 g/mol. The zero-order valence-corrected chi connectivity index (χ0v) is 25.8. The molecule has 0 aliphatic rings. The fourth-order valence-electron chi connectivity index (χ4n) is 7.97. The number of fused-ring (bicyclic) bond motifs is 12. The van der Waals surface area contributed by atoms with Gasteiger partial charge in [-0.15, -0.1) is 11.3 Å². The summed E-state index contributed by atoms with van der Waals surface area (Å²) in [6.07, 6.45) is 0. The van der Waals surface area contributed by atoms with Gasteiger partial charge in [0, 0.05) is 42.6 Å². The number of nitrogens with zero attached hydrogens (tertiary/aromatic N) is 3. The van der Waals surface area contributed by atoms with E-state index < -0.39 is 0 Å². The van der Waals surface area contributed by atoms with Crippen LogP contribution in [-0.2, 0) is 0 Å². The third kappa shape index (κ3) is 3.16. The quantitative estimate of drug-likeness (QED) is 0.181. The molecule has 4 heterocycles. The van der Waals surface area contributed by atoms with Crippen LogP contribution in [0, 0.1) is 0 Å². The molecule has 0 amide bonds. The van der Waals surface area contributed by atoms with Crippen molar-refractivity contribution >= 4 is 91.3 Å². The van der Waals surface area contributed by atoms with Gasteiger partial charge in [0.15, 0.2) is 0 Å². The number of para-hydroxylation sites is 1. The average molecular weight is 618 g/mol. The minimum atomic E-state index is -0.0493. The maximum Gasteiger partial charge on any atom is 0.264 e. The monoisotopic (exact) mass is 617 g/mol. The van der Waals surface area contributed by atoms with Crippen LogP contribution in [0.25, 0.3) is 97.0 Å². The molecular formula is C42H23N3OS. The van der Waals surface area contributed by atoms with Crippen LogP contribution in [-0.4, -0.2) is 14.0 Å². The summed E-state index contributed by atoms with van der Waals surface area (Å²) >= 11 is 1.86. The van der Waals surface area contributed by atoms with Gasteiger partial charge in [0.1, 0.15) is 5.82 Å². The second kappa shape index (κ2) is 9.03. The largest absolute Gasteiger partial charge is 0.307 e. The van der Waals surface area contributed by atoms with Crippen LogP contribution in [0.5, 0.6) is 0 Å². The van der Waals surface area contributed by atoms with Crippen LogP contribution in [0.2, 0.25) is 0 Å². The number of rotatable bonds is 2. The lowest BCUT2D eigenvalue weighted by atomic mass is 9.99. The van der Waals surface area contributed by atoms with E-state index in [-0.39, 0.29) is 5.56 Å². The van der Waals surface area contributed by atoms with Crippen molar-refractivity contribution in [1.82, 2.24) is 14.0 Å². The Bertz CT molecular complexity index is 3150. The molecule has 0 radical (unpaired) electrons. The molecule has 47 heavy (non-hydrogen) atoms. The second-order valence-corrected chi connectivity index (χ2v) is 13.3. The van der Waals surface area contributed by atoms with Gasteiger partial charge in [-0.05, 0) is 46.5 Å². The summed E-state index contributed by atoms with van der Waals surface area (Å²) in [4.78, 5) is 19.4. The molecule has 11 rings (SSSR count). The summed E-state index contributed by atoms with van der Waals surface area (Å²) in [6, 6.07) is 48.7. The number of thiophene rings is 1. The van der Waals surface area contributed by atoms with Gasteiger partial charge in [-0.25, -0.2) is 4.98 Å². The van der Waals surface area contributed by atoms with E-state index >= 15 is 0 Å². The second-order valence-electron chi connectivity index (χ2n) is 12.2. The molecule has 11 aromatic rings. The number of hydrogen-bond donors (Lipinski definition) is 0. The summed E-state index contributed by atoms with van der Waals surface area (Å²) < 4.78 is 6.83. The standard InChI is InChI=1S/C42H23N3OS/c46-42-28-17-7-6-16-27(28)37-33(23-22-31-38(37)45(42)41(43-31)24-12-2-1-3-13-24)44-32-20-10-8-18-29(32)35-25-14-4-5-15-26(25)36-30-19-9-11-21-34(30)47-40(36)39(35)44/h1-23H. The van der Waals surface area contributed by atoms with Crippen LogP contribution in [0.15, 0.2) is 144 Å². The molecule has 7 aromatic carbocycles. The molecule has 0 N–H and O–H groups in total. The van der Waals surface area contributed by atoms with Crippen molar-refractivity contribution in [3.8, 4) is 17.1 Å².